The second kappa shape index (κ2) is 2.79. The highest BCUT2D eigenvalue weighted by Gasteiger charge is 2.23. The fourth-order valence-electron chi connectivity index (χ4n) is 0.884. The number of carbonyl (C=O) groups excluding carboxylic acids is 2. The first kappa shape index (κ1) is 7.21. The summed E-state index contributed by atoms with van der Waals surface area (Å²) in [6.07, 6.45) is 0. The number of amides is 1. The standard InChI is InChI=1S/C6H10N2O2/c1-2-8-4-7-3-5(9)6(8)10/h7H,2-4H2,1H3. The van der Waals surface area contributed by atoms with Crippen molar-refractivity contribution in [1.29, 1.82) is 0 Å². The van der Waals surface area contributed by atoms with Crippen molar-refractivity contribution in [3.8, 4) is 0 Å². The first-order valence-corrected chi connectivity index (χ1v) is 3.28. The average Bonchev–Trinajstić information content (AvgIpc) is 1.95. The summed E-state index contributed by atoms with van der Waals surface area (Å²) in [6.45, 7) is 3.13. The van der Waals surface area contributed by atoms with E-state index in [1.165, 1.54) is 4.90 Å². The molecule has 1 aliphatic rings. The van der Waals surface area contributed by atoms with Gasteiger partial charge in [-0.15, -0.1) is 0 Å². The van der Waals surface area contributed by atoms with Gasteiger partial charge in [0, 0.05) is 6.54 Å². The molecule has 0 aromatic carbocycles. The van der Waals surface area contributed by atoms with E-state index in [2.05, 4.69) is 5.32 Å². The molecule has 0 spiro atoms. The molecule has 0 saturated carbocycles. The fraction of sp³-hybridized carbons (Fsp3) is 0.667. The third-order valence-electron chi connectivity index (χ3n) is 1.50. The Labute approximate surface area is 59.2 Å². The van der Waals surface area contributed by atoms with Crippen LogP contribution in [0.3, 0.4) is 0 Å². The van der Waals surface area contributed by atoms with Gasteiger partial charge in [-0.1, -0.05) is 0 Å². The van der Waals surface area contributed by atoms with Crippen LogP contribution in [0.15, 0.2) is 0 Å². The Morgan fingerprint density at radius 1 is 1.60 bits per heavy atom. The predicted molar refractivity (Wildman–Crippen MR) is 35.3 cm³/mol. The quantitative estimate of drug-likeness (QED) is 0.476. The minimum absolute atomic E-state index is 0.190. The van der Waals surface area contributed by atoms with Crippen LogP contribution in [0.4, 0.5) is 0 Å². The van der Waals surface area contributed by atoms with E-state index in [1.807, 2.05) is 6.92 Å². The second-order valence-corrected chi connectivity index (χ2v) is 2.17. The number of ketones is 1. The van der Waals surface area contributed by atoms with Crippen molar-refractivity contribution in [2.75, 3.05) is 19.8 Å². The van der Waals surface area contributed by atoms with Crippen molar-refractivity contribution < 1.29 is 9.59 Å². The topological polar surface area (TPSA) is 49.4 Å². The molecule has 1 N–H and O–H groups in total. The van der Waals surface area contributed by atoms with Gasteiger partial charge in [-0.25, -0.2) is 0 Å². The molecule has 0 aromatic rings. The molecule has 1 rings (SSSR count). The normalized spacial score (nSPS) is 19.9. The Bertz CT molecular complexity index is 167. The van der Waals surface area contributed by atoms with Crippen molar-refractivity contribution >= 4 is 11.7 Å². The van der Waals surface area contributed by atoms with Crippen molar-refractivity contribution in [2.24, 2.45) is 0 Å². The summed E-state index contributed by atoms with van der Waals surface area (Å²) in [6, 6.07) is 0. The Hall–Kier alpha value is -0.900. The zero-order valence-corrected chi connectivity index (χ0v) is 5.89. The SMILES string of the molecule is CCN1CNCC(=O)C1=O. The molecule has 1 fully saturated rings. The molecule has 4 nitrogen and oxygen atoms in total. The maximum absolute atomic E-state index is 10.9. The number of carbonyl (C=O) groups is 2. The Kier molecular flexibility index (Phi) is 2.01. The molecule has 1 aliphatic heterocycles. The zero-order valence-electron chi connectivity index (χ0n) is 5.89. The highest BCUT2D eigenvalue weighted by Crippen LogP contribution is 1.93. The molecule has 0 aliphatic carbocycles. The number of hydrogen-bond acceptors (Lipinski definition) is 3. The van der Waals surface area contributed by atoms with E-state index in [1.54, 1.807) is 0 Å². The van der Waals surface area contributed by atoms with Crippen LogP contribution in [-0.2, 0) is 9.59 Å². The summed E-state index contributed by atoms with van der Waals surface area (Å²) in [5, 5.41) is 2.82. The van der Waals surface area contributed by atoms with Crippen LogP contribution >= 0.6 is 0 Å². The van der Waals surface area contributed by atoms with Gasteiger partial charge in [0.1, 0.15) is 0 Å². The van der Waals surface area contributed by atoms with Gasteiger partial charge in [-0.05, 0) is 6.92 Å². The van der Waals surface area contributed by atoms with E-state index in [0.717, 1.165) is 0 Å². The molecule has 0 unspecified atom stereocenters. The average molecular weight is 142 g/mol. The first-order chi connectivity index (χ1) is 4.75. The molecule has 0 bridgehead atoms. The maximum atomic E-state index is 10.9. The highest BCUT2D eigenvalue weighted by molar-refractivity contribution is 6.37. The number of Topliss-reactive ketones (excluding diaryl/α,β-unsaturated/α-hetero) is 1. The van der Waals surface area contributed by atoms with Gasteiger partial charge in [0.15, 0.2) is 0 Å². The minimum Gasteiger partial charge on any atom is -0.324 e. The van der Waals surface area contributed by atoms with E-state index in [4.69, 9.17) is 0 Å². The predicted octanol–water partition coefficient (Wildman–Crippen LogP) is -1.04. The van der Waals surface area contributed by atoms with Gasteiger partial charge in [-0.2, -0.15) is 0 Å². The van der Waals surface area contributed by atoms with Crippen LogP contribution in [0.2, 0.25) is 0 Å². The third-order valence-corrected chi connectivity index (χ3v) is 1.50. The minimum atomic E-state index is -0.360. The number of nitrogens with zero attached hydrogens (tertiary/aromatic N) is 1. The van der Waals surface area contributed by atoms with Gasteiger partial charge in [0.25, 0.3) is 5.91 Å². The molecule has 0 atom stereocenters. The van der Waals surface area contributed by atoms with E-state index in [9.17, 15) is 9.59 Å². The lowest BCUT2D eigenvalue weighted by Crippen LogP contribution is -2.51. The van der Waals surface area contributed by atoms with Gasteiger partial charge >= 0.3 is 0 Å². The molecule has 1 saturated heterocycles. The number of rotatable bonds is 1. The molecular weight excluding hydrogens is 132 g/mol. The zero-order chi connectivity index (χ0) is 7.56. The monoisotopic (exact) mass is 142 g/mol. The van der Waals surface area contributed by atoms with Gasteiger partial charge in [0.05, 0.1) is 13.2 Å². The van der Waals surface area contributed by atoms with Crippen LogP contribution in [-0.4, -0.2) is 36.3 Å². The van der Waals surface area contributed by atoms with Crippen molar-refractivity contribution in [3.63, 3.8) is 0 Å². The Balaban J connectivity index is 2.60. The summed E-state index contributed by atoms with van der Waals surface area (Å²) in [4.78, 5) is 23.1. The molecule has 4 heteroatoms. The lowest BCUT2D eigenvalue weighted by molar-refractivity contribution is -0.146. The molecule has 1 heterocycles. The van der Waals surface area contributed by atoms with Crippen molar-refractivity contribution in [1.82, 2.24) is 10.2 Å². The van der Waals surface area contributed by atoms with E-state index in [-0.39, 0.29) is 18.2 Å². The number of hydrogen-bond donors (Lipinski definition) is 1. The maximum Gasteiger partial charge on any atom is 0.292 e. The van der Waals surface area contributed by atoms with Crippen LogP contribution in [0.1, 0.15) is 6.92 Å². The lowest BCUT2D eigenvalue weighted by Gasteiger charge is -2.24. The van der Waals surface area contributed by atoms with Crippen LogP contribution in [0.5, 0.6) is 0 Å². The summed E-state index contributed by atoms with van der Waals surface area (Å²) < 4.78 is 0. The smallest absolute Gasteiger partial charge is 0.292 e. The van der Waals surface area contributed by atoms with Crippen LogP contribution in [0.25, 0.3) is 0 Å². The van der Waals surface area contributed by atoms with Gasteiger partial charge in [-0.3, -0.25) is 14.9 Å². The number of nitrogens with one attached hydrogen (secondary N) is 1. The molecule has 56 valence electrons. The number of likely N-dealkylation sites (N-methyl/N-ethyl adjacent to an activating group) is 1. The summed E-state index contributed by atoms with van der Waals surface area (Å²) in [5.41, 5.74) is 0. The van der Waals surface area contributed by atoms with Crippen molar-refractivity contribution in [3.05, 3.63) is 0 Å². The largest absolute Gasteiger partial charge is 0.324 e. The lowest BCUT2D eigenvalue weighted by atomic mass is 10.3. The van der Waals surface area contributed by atoms with Gasteiger partial charge in [0.2, 0.25) is 5.78 Å². The molecule has 10 heavy (non-hydrogen) atoms. The van der Waals surface area contributed by atoms with E-state index < -0.39 is 0 Å². The van der Waals surface area contributed by atoms with Gasteiger partial charge < -0.3 is 4.90 Å². The molecule has 0 aromatic heterocycles. The molecular formula is C6H10N2O2. The Morgan fingerprint density at radius 3 is 2.80 bits per heavy atom. The highest BCUT2D eigenvalue weighted by atomic mass is 16.2. The summed E-state index contributed by atoms with van der Waals surface area (Å²) >= 11 is 0. The fourth-order valence-corrected chi connectivity index (χ4v) is 0.884. The van der Waals surface area contributed by atoms with E-state index >= 15 is 0 Å². The molecule has 0 radical (unpaired) electrons. The summed E-state index contributed by atoms with van der Waals surface area (Å²) in [5.74, 6) is -0.700. The Morgan fingerprint density at radius 2 is 2.30 bits per heavy atom. The summed E-state index contributed by atoms with van der Waals surface area (Å²) in [7, 11) is 0. The van der Waals surface area contributed by atoms with Crippen LogP contribution < -0.4 is 5.32 Å². The third kappa shape index (κ3) is 1.16. The molecule has 1 amide bonds. The van der Waals surface area contributed by atoms with Crippen LogP contribution in [0, 0.1) is 0 Å². The van der Waals surface area contributed by atoms with Crippen molar-refractivity contribution in [2.45, 2.75) is 6.92 Å². The van der Waals surface area contributed by atoms with E-state index in [0.29, 0.717) is 13.2 Å². The second-order valence-electron chi connectivity index (χ2n) is 2.17. The first-order valence-electron chi connectivity index (χ1n) is 3.28.